The third kappa shape index (κ3) is 2.67. The molecule has 23 heavy (non-hydrogen) atoms. The summed E-state index contributed by atoms with van der Waals surface area (Å²) in [6.45, 7) is 2.29. The predicted octanol–water partition coefficient (Wildman–Crippen LogP) is 4.26. The van der Waals surface area contributed by atoms with Crippen LogP contribution in [0.5, 0.6) is 0 Å². The van der Waals surface area contributed by atoms with Crippen LogP contribution in [-0.2, 0) is 0 Å². The molecule has 0 unspecified atom stereocenters. The van der Waals surface area contributed by atoms with Gasteiger partial charge in [-0.15, -0.1) is 0 Å². The Morgan fingerprint density at radius 3 is 2.65 bits per heavy atom. The minimum atomic E-state index is -4.50. The number of rotatable bonds is 2. The molecule has 2 aromatic heterocycles. The molecule has 0 aliphatic carbocycles. The van der Waals surface area contributed by atoms with Crippen molar-refractivity contribution in [1.29, 1.82) is 0 Å². The summed E-state index contributed by atoms with van der Waals surface area (Å²) in [5, 5.41) is 4.25. The Labute approximate surface area is 132 Å². The molecule has 3 rings (SSSR count). The Hall–Kier alpha value is -2.42. The van der Waals surface area contributed by atoms with Crippen molar-refractivity contribution in [3.63, 3.8) is 0 Å². The molecule has 0 radical (unpaired) electrons. The fourth-order valence-corrected chi connectivity index (χ4v) is 3.15. The van der Waals surface area contributed by atoms with E-state index in [1.165, 1.54) is 11.5 Å². The number of para-hydroxylation sites is 1. The Kier molecular flexibility index (Phi) is 3.59. The van der Waals surface area contributed by atoms with Gasteiger partial charge in [0.05, 0.1) is 5.52 Å². The van der Waals surface area contributed by atoms with Crippen molar-refractivity contribution in [3.8, 4) is 0 Å². The van der Waals surface area contributed by atoms with Crippen LogP contribution >= 0.6 is 11.3 Å². The lowest BCUT2D eigenvalue weighted by Gasteiger charge is -2.04. The number of nitrogens with zero attached hydrogens (tertiary/aromatic N) is 3. The zero-order valence-corrected chi connectivity index (χ0v) is 12.9. The largest absolute Gasteiger partial charge is 0.430 e. The molecular weight excluding hydrogens is 329 g/mol. The summed E-state index contributed by atoms with van der Waals surface area (Å²) in [6.07, 6.45) is -4.50. The molecule has 1 aromatic carbocycles. The second-order valence-corrected chi connectivity index (χ2v) is 5.83. The van der Waals surface area contributed by atoms with E-state index in [0.29, 0.717) is 10.3 Å². The van der Waals surface area contributed by atoms with Crippen molar-refractivity contribution >= 4 is 49.3 Å². The molecule has 0 amide bonds. The van der Waals surface area contributed by atoms with Gasteiger partial charge < -0.3 is 0 Å². The van der Waals surface area contributed by atoms with Crippen molar-refractivity contribution in [2.75, 3.05) is 5.43 Å². The van der Waals surface area contributed by atoms with Gasteiger partial charge in [0.15, 0.2) is 0 Å². The van der Waals surface area contributed by atoms with Gasteiger partial charge in [-0.05, 0) is 13.0 Å². The summed E-state index contributed by atoms with van der Waals surface area (Å²) in [5.74, 6) is -0.193. The number of benzene rings is 1. The molecule has 0 atom stereocenters. The third-order valence-corrected chi connectivity index (χ3v) is 4.20. The van der Waals surface area contributed by atoms with Crippen LogP contribution in [0.4, 0.5) is 18.3 Å². The summed E-state index contributed by atoms with van der Waals surface area (Å²) in [7, 11) is 0. The highest BCUT2D eigenvalue weighted by Gasteiger charge is 2.32. The van der Waals surface area contributed by atoms with Gasteiger partial charge in [-0.2, -0.15) is 18.3 Å². The second kappa shape index (κ2) is 5.34. The second-order valence-electron chi connectivity index (χ2n) is 4.85. The van der Waals surface area contributed by atoms with Crippen molar-refractivity contribution < 1.29 is 18.0 Å². The average molecular weight is 340 g/mol. The van der Waals surface area contributed by atoms with E-state index in [-0.39, 0.29) is 11.0 Å². The Bertz CT molecular complexity index is 939. The summed E-state index contributed by atoms with van der Waals surface area (Å²) in [5.41, 5.74) is 2.58. The SMILES string of the molecule is CC(=O)n1c2ccccc2c2nc(NN=C(C)C(F)(F)F)sc21. The highest BCUT2D eigenvalue weighted by Crippen LogP contribution is 2.34. The fourth-order valence-electron chi connectivity index (χ4n) is 2.17. The molecule has 1 N–H and O–H groups in total. The van der Waals surface area contributed by atoms with E-state index < -0.39 is 11.9 Å². The van der Waals surface area contributed by atoms with E-state index in [1.54, 1.807) is 6.07 Å². The van der Waals surface area contributed by atoms with Crippen LogP contribution in [0.15, 0.2) is 29.4 Å². The Morgan fingerprint density at radius 2 is 2.00 bits per heavy atom. The van der Waals surface area contributed by atoms with Gasteiger partial charge in [0, 0.05) is 12.3 Å². The maximum absolute atomic E-state index is 12.4. The van der Waals surface area contributed by atoms with E-state index in [9.17, 15) is 18.0 Å². The van der Waals surface area contributed by atoms with Crippen LogP contribution in [0.1, 0.15) is 18.6 Å². The van der Waals surface area contributed by atoms with E-state index in [4.69, 9.17) is 0 Å². The first-order valence-corrected chi connectivity index (χ1v) is 7.39. The number of carbonyl (C=O) groups excluding carboxylic acids is 1. The first kappa shape index (κ1) is 15.5. The zero-order chi connectivity index (χ0) is 16.8. The molecule has 9 heteroatoms. The quantitative estimate of drug-likeness (QED) is 0.560. The number of aromatic nitrogens is 2. The van der Waals surface area contributed by atoms with Crippen LogP contribution in [-0.4, -0.2) is 27.3 Å². The maximum Gasteiger partial charge on any atom is 0.430 e. The lowest BCUT2D eigenvalue weighted by atomic mass is 10.2. The van der Waals surface area contributed by atoms with Gasteiger partial charge in [-0.3, -0.25) is 14.8 Å². The van der Waals surface area contributed by atoms with Crippen molar-refractivity contribution in [2.24, 2.45) is 5.10 Å². The average Bonchev–Trinajstić information content (AvgIpc) is 2.99. The molecule has 0 saturated carbocycles. The molecule has 0 bridgehead atoms. The molecule has 3 aromatic rings. The van der Waals surface area contributed by atoms with E-state index in [0.717, 1.165) is 29.2 Å². The van der Waals surface area contributed by atoms with Crippen LogP contribution < -0.4 is 5.43 Å². The summed E-state index contributed by atoms with van der Waals surface area (Å²) >= 11 is 1.08. The van der Waals surface area contributed by atoms with Gasteiger partial charge in [0.1, 0.15) is 16.1 Å². The number of carbonyl (C=O) groups is 1. The number of halogens is 3. The van der Waals surface area contributed by atoms with Crippen molar-refractivity contribution in [1.82, 2.24) is 9.55 Å². The number of nitrogens with one attached hydrogen (secondary N) is 1. The van der Waals surface area contributed by atoms with E-state index >= 15 is 0 Å². The minimum Gasteiger partial charge on any atom is -0.274 e. The number of hydrogen-bond donors (Lipinski definition) is 1. The number of anilines is 1. The van der Waals surface area contributed by atoms with Crippen LogP contribution in [0.25, 0.3) is 21.3 Å². The Balaban J connectivity index is 2.10. The molecule has 2 heterocycles. The molecule has 0 saturated heterocycles. The molecule has 0 fully saturated rings. The highest BCUT2D eigenvalue weighted by atomic mass is 32.1. The van der Waals surface area contributed by atoms with Crippen LogP contribution in [0, 0.1) is 0 Å². The smallest absolute Gasteiger partial charge is 0.274 e. The highest BCUT2D eigenvalue weighted by molar-refractivity contribution is 7.22. The van der Waals surface area contributed by atoms with Crippen LogP contribution in [0.2, 0.25) is 0 Å². The standard InChI is InChI=1S/C14H11F3N4OS/c1-7(14(15,16)17)19-20-13-18-11-9-5-3-4-6-10(9)21(8(2)22)12(11)23-13/h3-6H,1-2H3,(H,18,20). The van der Waals surface area contributed by atoms with Crippen LogP contribution in [0.3, 0.4) is 0 Å². The normalized spacial score (nSPS) is 13.0. The fraction of sp³-hybridized carbons (Fsp3) is 0.214. The van der Waals surface area contributed by atoms with Gasteiger partial charge in [0.25, 0.3) is 0 Å². The van der Waals surface area contributed by atoms with Gasteiger partial charge >= 0.3 is 6.18 Å². The van der Waals surface area contributed by atoms with Crippen molar-refractivity contribution in [2.45, 2.75) is 20.0 Å². The number of hydrogen-bond acceptors (Lipinski definition) is 5. The summed E-state index contributed by atoms with van der Waals surface area (Å²) < 4.78 is 38.8. The summed E-state index contributed by atoms with van der Waals surface area (Å²) in [4.78, 5) is 16.7. The molecule has 120 valence electrons. The summed E-state index contributed by atoms with van der Waals surface area (Å²) in [6, 6.07) is 7.22. The topological polar surface area (TPSA) is 59.3 Å². The van der Waals surface area contributed by atoms with Gasteiger partial charge in [0.2, 0.25) is 11.0 Å². The van der Waals surface area contributed by atoms with E-state index in [1.807, 2.05) is 18.2 Å². The maximum atomic E-state index is 12.4. The molecule has 5 nitrogen and oxygen atoms in total. The number of hydrazone groups is 1. The lowest BCUT2D eigenvalue weighted by Crippen LogP contribution is -2.20. The minimum absolute atomic E-state index is 0.193. The number of fused-ring (bicyclic) bond motifs is 3. The third-order valence-electron chi connectivity index (χ3n) is 3.26. The molecule has 0 aliphatic heterocycles. The first-order chi connectivity index (χ1) is 10.8. The first-order valence-electron chi connectivity index (χ1n) is 6.57. The van der Waals surface area contributed by atoms with Gasteiger partial charge in [-0.1, -0.05) is 29.5 Å². The monoisotopic (exact) mass is 340 g/mol. The zero-order valence-electron chi connectivity index (χ0n) is 12.1. The molecular formula is C14H11F3N4OS. The molecule has 0 spiro atoms. The predicted molar refractivity (Wildman–Crippen MR) is 84.2 cm³/mol. The lowest BCUT2D eigenvalue weighted by molar-refractivity contribution is -0.0592. The van der Waals surface area contributed by atoms with E-state index in [2.05, 4.69) is 15.5 Å². The molecule has 0 aliphatic rings. The number of alkyl halides is 3. The van der Waals surface area contributed by atoms with Gasteiger partial charge in [-0.25, -0.2) is 4.98 Å². The Morgan fingerprint density at radius 1 is 1.30 bits per heavy atom. The number of thiazole rings is 1. The van der Waals surface area contributed by atoms with Crippen molar-refractivity contribution in [3.05, 3.63) is 24.3 Å².